The molecule has 3 rings (SSSR count). The van der Waals surface area contributed by atoms with Gasteiger partial charge in [0.15, 0.2) is 11.5 Å². The van der Waals surface area contributed by atoms with Crippen molar-refractivity contribution in [1.29, 1.82) is 0 Å². The Labute approximate surface area is 142 Å². The molecule has 1 N–H and O–H groups in total. The van der Waals surface area contributed by atoms with E-state index in [1.54, 1.807) is 26.6 Å². The third kappa shape index (κ3) is 3.76. The van der Waals surface area contributed by atoms with E-state index in [9.17, 15) is 0 Å². The molecule has 0 spiro atoms. The molecule has 6 nitrogen and oxygen atoms in total. The second kappa shape index (κ2) is 7.97. The highest BCUT2D eigenvalue weighted by Gasteiger charge is 2.21. The van der Waals surface area contributed by atoms with E-state index in [1.165, 1.54) is 0 Å². The molecular formula is C18H24N4O2. The molecule has 0 saturated carbocycles. The number of para-hydroxylation sites is 1. The fourth-order valence-corrected chi connectivity index (χ4v) is 3.13. The van der Waals surface area contributed by atoms with Crippen molar-refractivity contribution in [3.63, 3.8) is 0 Å². The van der Waals surface area contributed by atoms with Gasteiger partial charge in [-0.05, 0) is 25.0 Å². The Bertz CT molecular complexity index is 651. The predicted octanol–water partition coefficient (Wildman–Crippen LogP) is 2.25. The zero-order valence-corrected chi connectivity index (χ0v) is 14.2. The van der Waals surface area contributed by atoms with Crippen LogP contribution >= 0.6 is 0 Å². The van der Waals surface area contributed by atoms with Crippen LogP contribution in [0.1, 0.15) is 18.4 Å². The first kappa shape index (κ1) is 16.5. The van der Waals surface area contributed by atoms with E-state index in [1.807, 2.05) is 18.2 Å². The zero-order valence-electron chi connectivity index (χ0n) is 14.2. The standard InChI is InChI=1S/C18H24N4O2/c1-23-16-8-3-6-14(17(16)24-2)12-21-15-7-4-11-22(13-15)18-19-9-5-10-20-18/h3,5-6,8-10,15,21H,4,7,11-13H2,1-2H3. The van der Waals surface area contributed by atoms with Crippen LogP contribution in [0.5, 0.6) is 11.5 Å². The van der Waals surface area contributed by atoms with Crippen LogP contribution in [-0.2, 0) is 6.54 Å². The van der Waals surface area contributed by atoms with Crippen LogP contribution < -0.4 is 19.7 Å². The average molecular weight is 328 g/mol. The summed E-state index contributed by atoms with van der Waals surface area (Å²) in [4.78, 5) is 11.0. The maximum Gasteiger partial charge on any atom is 0.225 e. The lowest BCUT2D eigenvalue weighted by molar-refractivity contribution is 0.348. The van der Waals surface area contributed by atoms with Crippen molar-refractivity contribution in [2.45, 2.75) is 25.4 Å². The number of aromatic nitrogens is 2. The van der Waals surface area contributed by atoms with Gasteiger partial charge in [0.2, 0.25) is 5.95 Å². The Morgan fingerprint density at radius 3 is 2.75 bits per heavy atom. The number of piperidine rings is 1. The van der Waals surface area contributed by atoms with E-state index >= 15 is 0 Å². The molecule has 1 aromatic heterocycles. The molecule has 1 unspecified atom stereocenters. The molecule has 2 aromatic rings. The number of hydrogen-bond acceptors (Lipinski definition) is 6. The molecule has 1 atom stereocenters. The first-order valence-electron chi connectivity index (χ1n) is 8.27. The topological polar surface area (TPSA) is 59.5 Å². The summed E-state index contributed by atoms with van der Waals surface area (Å²) in [5.41, 5.74) is 1.10. The lowest BCUT2D eigenvalue weighted by Gasteiger charge is -2.33. The summed E-state index contributed by atoms with van der Waals surface area (Å²) in [6.07, 6.45) is 5.86. The molecule has 1 saturated heterocycles. The first-order valence-corrected chi connectivity index (χ1v) is 8.27. The molecule has 0 bridgehead atoms. The minimum Gasteiger partial charge on any atom is -0.493 e. The number of nitrogens with one attached hydrogen (secondary N) is 1. The van der Waals surface area contributed by atoms with Crippen molar-refractivity contribution in [1.82, 2.24) is 15.3 Å². The highest BCUT2D eigenvalue weighted by atomic mass is 16.5. The summed E-state index contributed by atoms with van der Waals surface area (Å²) in [7, 11) is 3.34. The lowest BCUT2D eigenvalue weighted by Crippen LogP contribution is -2.46. The van der Waals surface area contributed by atoms with Crippen molar-refractivity contribution < 1.29 is 9.47 Å². The predicted molar refractivity (Wildman–Crippen MR) is 93.7 cm³/mol. The van der Waals surface area contributed by atoms with Gasteiger partial charge in [-0.1, -0.05) is 12.1 Å². The molecule has 1 aliphatic heterocycles. The normalized spacial score (nSPS) is 17.6. The minimum absolute atomic E-state index is 0.401. The van der Waals surface area contributed by atoms with Crippen molar-refractivity contribution in [2.24, 2.45) is 0 Å². The maximum atomic E-state index is 5.50. The number of methoxy groups -OCH3 is 2. The van der Waals surface area contributed by atoms with Crippen molar-refractivity contribution >= 4 is 5.95 Å². The van der Waals surface area contributed by atoms with Crippen LogP contribution in [0.3, 0.4) is 0 Å². The van der Waals surface area contributed by atoms with Gasteiger partial charge in [0.05, 0.1) is 14.2 Å². The van der Waals surface area contributed by atoms with Gasteiger partial charge in [0, 0.05) is 43.6 Å². The Balaban J connectivity index is 1.63. The minimum atomic E-state index is 0.401. The Kier molecular flexibility index (Phi) is 5.48. The van der Waals surface area contributed by atoms with E-state index in [0.29, 0.717) is 6.04 Å². The number of anilines is 1. The van der Waals surface area contributed by atoms with Crippen LogP contribution in [0.2, 0.25) is 0 Å². The van der Waals surface area contributed by atoms with Crippen LogP contribution in [0.25, 0.3) is 0 Å². The molecule has 0 radical (unpaired) electrons. The summed E-state index contributed by atoms with van der Waals surface area (Å²) >= 11 is 0. The summed E-state index contributed by atoms with van der Waals surface area (Å²) in [6.45, 7) is 2.66. The van der Waals surface area contributed by atoms with E-state index in [2.05, 4.69) is 26.3 Å². The largest absolute Gasteiger partial charge is 0.493 e. The summed E-state index contributed by atoms with van der Waals surface area (Å²) in [5, 5.41) is 3.63. The quantitative estimate of drug-likeness (QED) is 0.878. The highest BCUT2D eigenvalue weighted by Crippen LogP contribution is 2.30. The van der Waals surface area contributed by atoms with Crippen LogP contribution in [-0.4, -0.2) is 43.3 Å². The lowest BCUT2D eigenvalue weighted by atomic mass is 10.1. The van der Waals surface area contributed by atoms with Crippen molar-refractivity contribution in [2.75, 3.05) is 32.2 Å². The van der Waals surface area contributed by atoms with Gasteiger partial charge >= 0.3 is 0 Å². The van der Waals surface area contributed by atoms with Crippen LogP contribution in [0.4, 0.5) is 5.95 Å². The van der Waals surface area contributed by atoms with Crippen LogP contribution in [0.15, 0.2) is 36.7 Å². The Morgan fingerprint density at radius 2 is 2.00 bits per heavy atom. The number of benzene rings is 1. The second-order valence-corrected chi connectivity index (χ2v) is 5.87. The summed E-state index contributed by atoms with van der Waals surface area (Å²) in [6, 6.07) is 8.22. The molecule has 1 fully saturated rings. The molecule has 6 heteroatoms. The van der Waals surface area contributed by atoms with Gasteiger partial charge in [0.1, 0.15) is 0 Å². The number of rotatable bonds is 6. The third-order valence-corrected chi connectivity index (χ3v) is 4.32. The molecule has 0 amide bonds. The zero-order chi connectivity index (χ0) is 16.8. The molecular weight excluding hydrogens is 304 g/mol. The van der Waals surface area contributed by atoms with Gasteiger partial charge < -0.3 is 19.7 Å². The number of nitrogens with zero attached hydrogens (tertiary/aromatic N) is 3. The third-order valence-electron chi connectivity index (χ3n) is 4.32. The van der Waals surface area contributed by atoms with Gasteiger partial charge in [-0.2, -0.15) is 0 Å². The molecule has 24 heavy (non-hydrogen) atoms. The molecule has 128 valence electrons. The van der Waals surface area contributed by atoms with Gasteiger partial charge in [-0.25, -0.2) is 9.97 Å². The average Bonchev–Trinajstić information content (AvgIpc) is 2.66. The van der Waals surface area contributed by atoms with Gasteiger partial charge in [0.25, 0.3) is 0 Å². The van der Waals surface area contributed by atoms with E-state index in [0.717, 1.165) is 55.5 Å². The second-order valence-electron chi connectivity index (χ2n) is 5.87. The van der Waals surface area contributed by atoms with E-state index < -0.39 is 0 Å². The summed E-state index contributed by atoms with van der Waals surface area (Å²) < 4.78 is 10.9. The summed E-state index contributed by atoms with van der Waals surface area (Å²) in [5.74, 6) is 2.37. The van der Waals surface area contributed by atoms with Crippen LogP contribution in [0, 0.1) is 0 Å². The molecule has 1 aromatic carbocycles. The van der Waals surface area contributed by atoms with Crippen molar-refractivity contribution in [3.8, 4) is 11.5 Å². The van der Waals surface area contributed by atoms with Gasteiger partial charge in [-0.15, -0.1) is 0 Å². The fourth-order valence-electron chi connectivity index (χ4n) is 3.13. The van der Waals surface area contributed by atoms with E-state index in [4.69, 9.17) is 9.47 Å². The smallest absolute Gasteiger partial charge is 0.225 e. The van der Waals surface area contributed by atoms with Crippen molar-refractivity contribution in [3.05, 3.63) is 42.2 Å². The Morgan fingerprint density at radius 1 is 1.17 bits per heavy atom. The Hall–Kier alpha value is -2.34. The molecule has 0 aliphatic carbocycles. The van der Waals surface area contributed by atoms with E-state index in [-0.39, 0.29) is 0 Å². The van der Waals surface area contributed by atoms with Gasteiger partial charge in [-0.3, -0.25) is 0 Å². The monoisotopic (exact) mass is 328 g/mol. The molecule has 2 heterocycles. The number of hydrogen-bond donors (Lipinski definition) is 1. The molecule has 1 aliphatic rings. The maximum absolute atomic E-state index is 5.50. The SMILES string of the molecule is COc1cccc(CNC2CCCN(c3ncccn3)C2)c1OC. The first-order chi connectivity index (χ1) is 11.8. The fraction of sp³-hybridized carbons (Fsp3) is 0.444. The number of ether oxygens (including phenoxy) is 2. The highest BCUT2D eigenvalue weighted by molar-refractivity contribution is 5.46.